The number of ether oxygens (including phenoxy) is 1. The van der Waals surface area contributed by atoms with Gasteiger partial charge < -0.3 is 10.1 Å². The minimum absolute atomic E-state index is 0.262. The van der Waals surface area contributed by atoms with Crippen molar-refractivity contribution in [2.75, 3.05) is 0 Å². The van der Waals surface area contributed by atoms with Crippen LogP contribution in [0.4, 0.5) is 0 Å². The molecule has 0 radical (unpaired) electrons. The van der Waals surface area contributed by atoms with E-state index < -0.39 is 18.0 Å². The van der Waals surface area contributed by atoms with Crippen LogP contribution < -0.4 is 5.32 Å². The highest BCUT2D eigenvalue weighted by Gasteiger charge is 2.21. The Morgan fingerprint density at radius 2 is 1.77 bits per heavy atom. The highest BCUT2D eigenvalue weighted by Crippen LogP contribution is 2.26. The second kappa shape index (κ2) is 8.70. The van der Waals surface area contributed by atoms with Crippen LogP contribution in [0.3, 0.4) is 0 Å². The molecule has 2 aromatic rings. The largest absolute Gasteiger partial charge is 0.449 e. The number of hydrogen-bond acceptors (Lipinski definition) is 4. The van der Waals surface area contributed by atoms with Crippen LogP contribution >= 0.6 is 23.2 Å². The van der Waals surface area contributed by atoms with Crippen molar-refractivity contribution in [3.05, 3.63) is 69.2 Å². The number of amides is 1. The highest BCUT2D eigenvalue weighted by atomic mass is 35.5. The van der Waals surface area contributed by atoms with E-state index >= 15 is 0 Å². The maximum Gasteiger partial charge on any atom is 0.338 e. The van der Waals surface area contributed by atoms with Gasteiger partial charge in [0.1, 0.15) is 0 Å². The van der Waals surface area contributed by atoms with Crippen molar-refractivity contribution in [2.24, 2.45) is 0 Å². The van der Waals surface area contributed by atoms with Crippen LogP contribution in [0.25, 0.3) is 0 Å². The third-order valence-electron chi connectivity index (χ3n) is 3.69. The smallest absolute Gasteiger partial charge is 0.338 e. The second-order valence-electron chi connectivity index (χ2n) is 5.63. The van der Waals surface area contributed by atoms with E-state index in [9.17, 15) is 9.59 Å². The molecule has 134 valence electrons. The Morgan fingerprint density at radius 3 is 2.35 bits per heavy atom. The van der Waals surface area contributed by atoms with Gasteiger partial charge in [0.05, 0.1) is 23.2 Å². The normalized spacial score (nSPS) is 12.6. The Kier molecular flexibility index (Phi) is 6.62. The summed E-state index contributed by atoms with van der Waals surface area (Å²) in [5, 5.41) is 12.4. The molecule has 0 spiro atoms. The summed E-state index contributed by atoms with van der Waals surface area (Å²) in [6.45, 7) is 3.25. The summed E-state index contributed by atoms with van der Waals surface area (Å²) < 4.78 is 5.17. The summed E-state index contributed by atoms with van der Waals surface area (Å²) in [6.07, 6.45) is -0.994. The molecule has 0 aliphatic rings. The Hall–Kier alpha value is -2.55. The molecule has 0 heterocycles. The summed E-state index contributed by atoms with van der Waals surface area (Å²) in [4.78, 5) is 24.4. The lowest BCUT2D eigenvalue weighted by atomic mass is 10.1. The molecule has 7 heteroatoms. The fraction of sp³-hybridized carbons (Fsp3) is 0.211. The van der Waals surface area contributed by atoms with Crippen molar-refractivity contribution >= 4 is 35.1 Å². The van der Waals surface area contributed by atoms with Crippen molar-refractivity contribution in [1.82, 2.24) is 5.32 Å². The molecule has 0 saturated carbocycles. The number of carbonyl (C=O) groups excluding carboxylic acids is 2. The zero-order valence-corrected chi connectivity index (χ0v) is 15.6. The number of nitrogens with zero attached hydrogens (tertiary/aromatic N) is 1. The van der Waals surface area contributed by atoms with Crippen molar-refractivity contribution in [3.63, 3.8) is 0 Å². The zero-order chi connectivity index (χ0) is 19.3. The van der Waals surface area contributed by atoms with Crippen molar-refractivity contribution in [1.29, 1.82) is 5.26 Å². The van der Waals surface area contributed by atoms with Crippen LogP contribution in [-0.2, 0) is 9.53 Å². The number of nitrogens with one attached hydrogen (secondary N) is 1. The molecule has 1 amide bonds. The molecule has 2 atom stereocenters. The SMILES string of the molecule is C[C@H](NC(=O)[C@@H](C)OC(=O)c1ccc(C#N)cc1)c1ccc(Cl)cc1Cl. The minimum Gasteiger partial charge on any atom is -0.449 e. The first-order valence-electron chi connectivity index (χ1n) is 7.78. The van der Waals surface area contributed by atoms with Crippen LogP contribution in [0.5, 0.6) is 0 Å². The quantitative estimate of drug-likeness (QED) is 0.772. The molecule has 0 aliphatic carbocycles. The predicted molar refractivity (Wildman–Crippen MR) is 99.1 cm³/mol. The molecule has 26 heavy (non-hydrogen) atoms. The second-order valence-corrected chi connectivity index (χ2v) is 6.48. The van der Waals surface area contributed by atoms with Crippen LogP contribution in [-0.4, -0.2) is 18.0 Å². The van der Waals surface area contributed by atoms with Crippen molar-refractivity contribution < 1.29 is 14.3 Å². The Morgan fingerprint density at radius 1 is 1.12 bits per heavy atom. The van der Waals surface area contributed by atoms with Gasteiger partial charge in [-0.1, -0.05) is 29.3 Å². The monoisotopic (exact) mass is 390 g/mol. The maximum absolute atomic E-state index is 12.3. The lowest BCUT2D eigenvalue weighted by molar-refractivity contribution is -0.129. The van der Waals surface area contributed by atoms with Gasteiger partial charge >= 0.3 is 5.97 Å². The first kappa shape index (κ1) is 19.8. The van der Waals surface area contributed by atoms with Crippen LogP contribution in [0.2, 0.25) is 10.0 Å². The van der Waals surface area contributed by atoms with Gasteiger partial charge in [0.25, 0.3) is 5.91 Å². The van der Waals surface area contributed by atoms with Crippen molar-refractivity contribution in [2.45, 2.75) is 26.0 Å². The summed E-state index contributed by atoms with van der Waals surface area (Å²) in [7, 11) is 0. The summed E-state index contributed by atoms with van der Waals surface area (Å²) in [5.74, 6) is -1.10. The first-order chi connectivity index (χ1) is 12.3. The third-order valence-corrected chi connectivity index (χ3v) is 4.25. The molecule has 2 rings (SSSR count). The van der Waals surface area contributed by atoms with Gasteiger partial charge in [-0.3, -0.25) is 4.79 Å². The predicted octanol–water partition coefficient (Wildman–Crippen LogP) is 4.29. The van der Waals surface area contributed by atoms with E-state index in [2.05, 4.69) is 5.32 Å². The Labute approximate surface area is 161 Å². The average Bonchev–Trinajstić information content (AvgIpc) is 2.61. The van der Waals surface area contributed by atoms with Gasteiger partial charge in [0, 0.05) is 10.0 Å². The molecule has 0 bridgehead atoms. The maximum atomic E-state index is 12.3. The lowest BCUT2D eigenvalue weighted by Gasteiger charge is -2.19. The van der Waals surface area contributed by atoms with Gasteiger partial charge in [0.2, 0.25) is 0 Å². The number of nitriles is 1. The molecule has 5 nitrogen and oxygen atoms in total. The number of hydrogen-bond donors (Lipinski definition) is 1. The number of esters is 1. The van der Waals surface area contributed by atoms with E-state index in [-0.39, 0.29) is 11.6 Å². The summed E-state index contributed by atoms with van der Waals surface area (Å²) >= 11 is 12.0. The summed E-state index contributed by atoms with van der Waals surface area (Å²) in [6, 6.07) is 12.5. The van der Waals surface area contributed by atoms with Gasteiger partial charge in [-0.2, -0.15) is 5.26 Å². The Balaban J connectivity index is 1.98. The molecule has 0 saturated heterocycles. The molecule has 0 unspecified atom stereocenters. The number of halogens is 2. The number of rotatable bonds is 5. The fourth-order valence-corrected chi connectivity index (χ4v) is 2.80. The zero-order valence-electron chi connectivity index (χ0n) is 14.1. The van der Waals surface area contributed by atoms with E-state index in [4.69, 9.17) is 33.2 Å². The fourth-order valence-electron chi connectivity index (χ4n) is 2.22. The van der Waals surface area contributed by atoms with Crippen molar-refractivity contribution in [3.8, 4) is 6.07 Å². The van der Waals surface area contributed by atoms with E-state index in [0.29, 0.717) is 21.2 Å². The van der Waals surface area contributed by atoms with Gasteiger partial charge in [-0.05, 0) is 55.8 Å². The van der Waals surface area contributed by atoms with E-state index in [1.165, 1.54) is 31.2 Å². The Bertz CT molecular complexity index is 860. The van der Waals surface area contributed by atoms with Crippen LogP contribution in [0.15, 0.2) is 42.5 Å². The molecular formula is C19H16Cl2N2O3. The molecule has 0 aliphatic heterocycles. The van der Waals surface area contributed by atoms with Gasteiger partial charge in [-0.15, -0.1) is 0 Å². The molecular weight excluding hydrogens is 375 g/mol. The van der Waals surface area contributed by atoms with Gasteiger partial charge in [0.15, 0.2) is 6.10 Å². The van der Waals surface area contributed by atoms with Gasteiger partial charge in [-0.25, -0.2) is 4.79 Å². The van der Waals surface area contributed by atoms with E-state index in [1.807, 2.05) is 6.07 Å². The minimum atomic E-state index is -0.994. The standard InChI is InChI=1S/C19H16Cl2N2O3/c1-11(16-8-7-15(20)9-17(16)21)23-18(24)12(2)26-19(25)14-5-3-13(10-22)4-6-14/h3-9,11-12H,1-2H3,(H,23,24)/t11-,12+/m0/s1. The number of carbonyl (C=O) groups is 2. The van der Waals surface area contributed by atoms with Crippen LogP contribution in [0, 0.1) is 11.3 Å². The van der Waals surface area contributed by atoms with E-state index in [1.54, 1.807) is 25.1 Å². The molecule has 0 aromatic heterocycles. The van der Waals surface area contributed by atoms with Crippen LogP contribution in [0.1, 0.15) is 41.4 Å². The molecule has 1 N–H and O–H groups in total. The average molecular weight is 391 g/mol. The third kappa shape index (κ3) is 4.98. The number of benzene rings is 2. The molecule has 2 aromatic carbocycles. The van der Waals surface area contributed by atoms with E-state index in [0.717, 1.165) is 0 Å². The molecule has 0 fully saturated rings. The highest BCUT2D eigenvalue weighted by molar-refractivity contribution is 6.35. The lowest BCUT2D eigenvalue weighted by Crippen LogP contribution is -2.37. The first-order valence-corrected chi connectivity index (χ1v) is 8.54. The topological polar surface area (TPSA) is 79.2 Å². The summed E-state index contributed by atoms with van der Waals surface area (Å²) in [5.41, 5.74) is 1.40.